The molecule has 0 radical (unpaired) electrons. The van der Waals surface area contributed by atoms with Crippen molar-refractivity contribution in [2.75, 3.05) is 26.2 Å². The second kappa shape index (κ2) is 8.34. The van der Waals surface area contributed by atoms with Crippen molar-refractivity contribution in [3.05, 3.63) is 29.3 Å². The van der Waals surface area contributed by atoms with Gasteiger partial charge in [0.1, 0.15) is 5.75 Å². The van der Waals surface area contributed by atoms with Crippen LogP contribution >= 0.6 is 12.4 Å². The Morgan fingerprint density at radius 2 is 1.69 bits per heavy atom. The lowest BCUT2D eigenvalue weighted by Crippen LogP contribution is -2.52. The van der Waals surface area contributed by atoms with Gasteiger partial charge in [-0.15, -0.1) is 12.4 Å². The van der Waals surface area contributed by atoms with Crippen molar-refractivity contribution in [1.29, 1.82) is 0 Å². The van der Waals surface area contributed by atoms with E-state index in [1.54, 1.807) is 0 Å². The summed E-state index contributed by atoms with van der Waals surface area (Å²) in [5.41, 5.74) is -2.97. The Labute approximate surface area is 151 Å². The molecule has 1 amide bonds. The smallest absolute Gasteiger partial charge is 0.416 e. The van der Waals surface area contributed by atoms with Crippen molar-refractivity contribution in [2.45, 2.75) is 25.3 Å². The van der Waals surface area contributed by atoms with Crippen LogP contribution in [0.4, 0.5) is 26.3 Å². The topological polar surface area (TPSA) is 41.6 Å². The van der Waals surface area contributed by atoms with Crippen LogP contribution in [-0.2, 0) is 17.1 Å². The summed E-state index contributed by atoms with van der Waals surface area (Å²) >= 11 is 0. The fourth-order valence-electron chi connectivity index (χ4n) is 2.40. The van der Waals surface area contributed by atoms with E-state index in [4.69, 9.17) is 4.74 Å². The van der Waals surface area contributed by atoms with E-state index < -0.39 is 41.7 Å². The molecule has 0 saturated carbocycles. The fraction of sp³-hybridized carbons (Fsp3) is 0.533. The summed E-state index contributed by atoms with van der Waals surface area (Å²) in [6.07, 6.45) is -9.92. The quantitative estimate of drug-likeness (QED) is 0.783. The molecular weight excluding hydrogens is 390 g/mol. The van der Waals surface area contributed by atoms with Gasteiger partial charge in [0.2, 0.25) is 0 Å². The highest BCUT2D eigenvalue weighted by Crippen LogP contribution is 2.38. The maximum Gasteiger partial charge on any atom is 0.416 e. The molecule has 1 heterocycles. The molecule has 0 aliphatic carbocycles. The first-order valence-corrected chi connectivity index (χ1v) is 7.40. The average molecular weight is 407 g/mol. The Bertz CT molecular complexity index is 603. The number of rotatable bonds is 3. The first kappa shape index (κ1) is 22.4. The minimum absolute atomic E-state index is 0. The molecule has 0 aromatic heterocycles. The van der Waals surface area contributed by atoms with Gasteiger partial charge in [-0.1, -0.05) is 0 Å². The number of carbonyl (C=O) groups excluding carboxylic acids is 1. The molecular formula is C15H17ClF6N2O2. The number of carbonyl (C=O) groups is 1. The standard InChI is InChI=1S/C15H16F6N2O2.ClH/c1-9-7-23(3-2-22-9)13(24)8-25-12-5-10(14(16,17)18)4-11(6-12)15(19,20)21;/h4-6,9,22H,2-3,7-8H2,1H3;1H/t9-;/m1./s1. The van der Waals surface area contributed by atoms with Gasteiger partial charge < -0.3 is 15.0 Å². The van der Waals surface area contributed by atoms with Crippen molar-refractivity contribution < 1.29 is 35.9 Å². The van der Waals surface area contributed by atoms with Gasteiger partial charge in [0.25, 0.3) is 5.91 Å². The number of halogens is 7. The maximum absolute atomic E-state index is 12.8. The maximum atomic E-state index is 12.8. The van der Waals surface area contributed by atoms with Crippen molar-refractivity contribution in [3.63, 3.8) is 0 Å². The highest BCUT2D eigenvalue weighted by atomic mass is 35.5. The lowest BCUT2D eigenvalue weighted by molar-refractivity contribution is -0.143. The van der Waals surface area contributed by atoms with E-state index in [2.05, 4.69) is 5.32 Å². The summed E-state index contributed by atoms with van der Waals surface area (Å²) in [6, 6.07) is 0.946. The van der Waals surface area contributed by atoms with Crippen LogP contribution < -0.4 is 10.1 Å². The summed E-state index contributed by atoms with van der Waals surface area (Å²) < 4.78 is 81.5. The molecule has 2 rings (SSSR count). The van der Waals surface area contributed by atoms with Crippen molar-refractivity contribution in [3.8, 4) is 5.75 Å². The van der Waals surface area contributed by atoms with E-state index in [1.165, 1.54) is 4.90 Å². The summed E-state index contributed by atoms with van der Waals surface area (Å²) in [5.74, 6) is -1.15. The summed E-state index contributed by atoms with van der Waals surface area (Å²) in [7, 11) is 0. The number of piperazine rings is 1. The Morgan fingerprint density at radius 3 is 2.15 bits per heavy atom. The van der Waals surface area contributed by atoms with Crippen LogP contribution in [0.5, 0.6) is 5.75 Å². The van der Waals surface area contributed by atoms with E-state index in [0.717, 1.165) is 0 Å². The summed E-state index contributed by atoms with van der Waals surface area (Å²) in [6.45, 7) is 2.55. The normalized spacial score (nSPS) is 18.3. The molecule has 1 aromatic rings. The third-order valence-electron chi connectivity index (χ3n) is 3.64. The SMILES string of the molecule is C[C@@H]1CN(C(=O)COc2cc(C(F)(F)F)cc(C(F)(F)F)c2)CCN1.Cl. The Kier molecular flexibility index (Phi) is 7.17. The number of amides is 1. The van der Waals surface area contributed by atoms with Crippen molar-refractivity contribution in [1.82, 2.24) is 10.2 Å². The molecule has 0 spiro atoms. The molecule has 1 aromatic carbocycles. The van der Waals surface area contributed by atoms with Gasteiger partial charge in [-0.2, -0.15) is 26.3 Å². The molecule has 1 aliphatic heterocycles. The summed E-state index contributed by atoms with van der Waals surface area (Å²) in [4.78, 5) is 13.5. The molecule has 0 bridgehead atoms. The molecule has 4 nitrogen and oxygen atoms in total. The largest absolute Gasteiger partial charge is 0.484 e. The first-order chi connectivity index (χ1) is 11.5. The monoisotopic (exact) mass is 406 g/mol. The highest BCUT2D eigenvalue weighted by Gasteiger charge is 2.37. The van der Waals surface area contributed by atoms with Crippen molar-refractivity contribution >= 4 is 18.3 Å². The minimum Gasteiger partial charge on any atom is -0.484 e. The predicted molar refractivity (Wildman–Crippen MR) is 83.2 cm³/mol. The minimum atomic E-state index is -4.96. The van der Waals surface area contributed by atoms with Crippen LogP contribution in [-0.4, -0.2) is 43.1 Å². The predicted octanol–water partition coefficient (Wildman–Crippen LogP) is 3.35. The Balaban J connectivity index is 0.00000338. The van der Waals surface area contributed by atoms with E-state index in [0.29, 0.717) is 31.8 Å². The zero-order valence-electron chi connectivity index (χ0n) is 13.6. The number of benzene rings is 1. The number of nitrogens with zero attached hydrogens (tertiary/aromatic N) is 1. The molecule has 1 fully saturated rings. The number of hydrogen-bond acceptors (Lipinski definition) is 3. The highest BCUT2D eigenvalue weighted by molar-refractivity contribution is 5.85. The Hall–Kier alpha value is -1.68. The average Bonchev–Trinajstić information content (AvgIpc) is 2.50. The molecule has 11 heteroatoms. The second-order valence-electron chi connectivity index (χ2n) is 5.73. The van der Waals surface area contributed by atoms with Crippen LogP contribution in [0.3, 0.4) is 0 Å². The molecule has 26 heavy (non-hydrogen) atoms. The van der Waals surface area contributed by atoms with Gasteiger partial charge in [0.05, 0.1) is 11.1 Å². The third kappa shape index (κ3) is 5.94. The lowest BCUT2D eigenvalue weighted by atomic mass is 10.1. The zero-order chi connectivity index (χ0) is 18.8. The second-order valence-corrected chi connectivity index (χ2v) is 5.73. The lowest BCUT2D eigenvalue weighted by Gasteiger charge is -2.31. The van der Waals surface area contributed by atoms with Gasteiger partial charge in [-0.3, -0.25) is 4.79 Å². The van der Waals surface area contributed by atoms with Gasteiger partial charge in [0.15, 0.2) is 6.61 Å². The molecule has 148 valence electrons. The molecule has 1 saturated heterocycles. The summed E-state index contributed by atoms with van der Waals surface area (Å²) in [5, 5.41) is 3.10. The van der Waals surface area contributed by atoms with Gasteiger partial charge >= 0.3 is 12.4 Å². The van der Waals surface area contributed by atoms with E-state index in [-0.39, 0.29) is 24.5 Å². The number of ether oxygens (including phenoxy) is 1. The van der Waals surface area contributed by atoms with Gasteiger partial charge in [-0.25, -0.2) is 0 Å². The number of hydrogen-bond donors (Lipinski definition) is 1. The van der Waals surface area contributed by atoms with Crippen molar-refractivity contribution in [2.24, 2.45) is 0 Å². The third-order valence-corrected chi connectivity index (χ3v) is 3.64. The van der Waals surface area contributed by atoms with Gasteiger partial charge in [-0.05, 0) is 25.1 Å². The zero-order valence-corrected chi connectivity index (χ0v) is 14.4. The van der Waals surface area contributed by atoms with Crippen LogP contribution in [0.2, 0.25) is 0 Å². The molecule has 1 N–H and O–H groups in total. The van der Waals surface area contributed by atoms with Crippen LogP contribution in [0.25, 0.3) is 0 Å². The van der Waals surface area contributed by atoms with Crippen LogP contribution in [0.15, 0.2) is 18.2 Å². The first-order valence-electron chi connectivity index (χ1n) is 7.40. The Morgan fingerprint density at radius 1 is 1.15 bits per heavy atom. The molecule has 1 aliphatic rings. The van der Waals surface area contributed by atoms with Crippen LogP contribution in [0.1, 0.15) is 18.1 Å². The van der Waals surface area contributed by atoms with E-state index in [1.807, 2.05) is 6.92 Å². The van der Waals surface area contributed by atoms with Crippen LogP contribution in [0, 0.1) is 0 Å². The fourth-order valence-corrected chi connectivity index (χ4v) is 2.40. The number of nitrogens with one attached hydrogen (secondary N) is 1. The molecule has 1 atom stereocenters. The molecule has 0 unspecified atom stereocenters. The number of alkyl halides is 6. The van der Waals surface area contributed by atoms with E-state index in [9.17, 15) is 31.1 Å². The van der Waals surface area contributed by atoms with E-state index >= 15 is 0 Å². The van der Waals surface area contributed by atoms with Gasteiger partial charge in [0, 0.05) is 25.7 Å².